The summed E-state index contributed by atoms with van der Waals surface area (Å²) in [7, 11) is 0. The van der Waals surface area contributed by atoms with E-state index in [0.29, 0.717) is 5.56 Å². The lowest BCUT2D eigenvalue weighted by Gasteiger charge is -2.11. The Bertz CT molecular complexity index is 2610. The maximum absolute atomic E-state index is 9.19. The topological polar surface area (TPSA) is 33.6 Å². The van der Waals surface area contributed by atoms with E-state index in [2.05, 4.69) is 155 Å². The second kappa shape index (κ2) is 10.4. The highest BCUT2D eigenvalue weighted by Crippen LogP contribution is 2.38. The molecule has 0 saturated heterocycles. The van der Waals surface area contributed by atoms with E-state index in [1.165, 1.54) is 54.7 Å². The van der Waals surface area contributed by atoms with Crippen LogP contribution >= 0.6 is 0 Å². The van der Waals surface area contributed by atoms with E-state index in [1.54, 1.807) is 0 Å². The van der Waals surface area contributed by atoms with Gasteiger partial charge in [-0.1, -0.05) is 103 Å². The summed E-state index contributed by atoms with van der Waals surface area (Å²) in [5.74, 6) is 0. The summed E-state index contributed by atoms with van der Waals surface area (Å²) in [6, 6.07) is 60.3. The molecule has 0 aliphatic rings. The van der Waals surface area contributed by atoms with Crippen molar-refractivity contribution in [2.75, 3.05) is 0 Å². The summed E-state index contributed by atoms with van der Waals surface area (Å²) >= 11 is 0. The number of benzene rings is 7. The molecule has 46 heavy (non-hydrogen) atoms. The number of nitriles is 1. The molecule has 214 valence electrons. The van der Waals surface area contributed by atoms with Gasteiger partial charge in [0.1, 0.15) is 0 Å². The molecule has 0 radical (unpaired) electrons. The first-order valence-electron chi connectivity index (χ1n) is 15.5. The van der Waals surface area contributed by atoms with E-state index in [-0.39, 0.29) is 0 Å². The van der Waals surface area contributed by atoms with Gasteiger partial charge >= 0.3 is 0 Å². The van der Waals surface area contributed by atoms with Crippen LogP contribution in [0.5, 0.6) is 0 Å². The molecule has 0 bridgehead atoms. The molecular weight excluding hydrogens is 558 g/mol. The molecule has 0 N–H and O–H groups in total. The van der Waals surface area contributed by atoms with Crippen molar-refractivity contribution in [1.29, 1.82) is 5.26 Å². The third-order valence-corrected chi connectivity index (χ3v) is 9.17. The molecule has 3 nitrogen and oxygen atoms in total. The fourth-order valence-corrected chi connectivity index (χ4v) is 6.97. The number of aromatic nitrogens is 2. The minimum Gasteiger partial charge on any atom is -0.309 e. The van der Waals surface area contributed by atoms with Crippen LogP contribution in [0.2, 0.25) is 0 Å². The molecule has 7 aromatic carbocycles. The van der Waals surface area contributed by atoms with Gasteiger partial charge in [-0.05, 0) is 82.9 Å². The van der Waals surface area contributed by atoms with Gasteiger partial charge in [0.05, 0.1) is 33.7 Å². The summed E-state index contributed by atoms with van der Waals surface area (Å²) in [6.07, 6.45) is 0. The Kier molecular flexibility index (Phi) is 5.88. The van der Waals surface area contributed by atoms with Crippen molar-refractivity contribution in [3.8, 4) is 39.7 Å². The summed E-state index contributed by atoms with van der Waals surface area (Å²) in [5, 5.41) is 14.2. The van der Waals surface area contributed by atoms with E-state index in [0.717, 1.165) is 22.5 Å². The van der Waals surface area contributed by atoms with Crippen molar-refractivity contribution in [3.05, 3.63) is 169 Å². The fourth-order valence-electron chi connectivity index (χ4n) is 6.97. The fraction of sp³-hybridized carbons (Fsp3) is 0. The normalized spacial score (nSPS) is 11.5. The molecule has 0 saturated carbocycles. The zero-order valence-electron chi connectivity index (χ0n) is 24.9. The second-order valence-corrected chi connectivity index (χ2v) is 11.7. The van der Waals surface area contributed by atoms with Gasteiger partial charge in [-0.25, -0.2) is 0 Å². The van der Waals surface area contributed by atoms with Gasteiger partial charge in [0.2, 0.25) is 0 Å². The second-order valence-electron chi connectivity index (χ2n) is 11.7. The molecule has 0 aliphatic heterocycles. The molecule has 0 spiro atoms. The van der Waals surface area contributed by atoms with Crippen LogP contribution in [0.4, 0.5) is 0 Å². The first-order valence-corrected chi connectivity index (χ1v) is 15.5. The predicted molar refractivity (Wildman–Crippen MR) is 191 cm³/mol. The Morgan fingerprint density at radius 2 is 0.761 bits per heavy atom. The Balaban J connectivity index is 1.21. The lowest BCUT2D eigenvalue weighted by atomic mass is 10.0. The molecule has 0 atom stereocenters. The van der Waals surface area contributed by atoms with Crippen molar-refractivity contribution < 1.29 is 0 Å². The SMILES string of the molecule is N#Cc1ccc(-c2ccc(-n3c4ccccc4c4ccc(-c5ccc6c7ccccc7n(-c7ccccc7)c6c5)cc43)cc2)cc1. The molecule has 0 unspecified atom stereocenters. The van der Waals surface area contributed by atoms with Crippen LogP contribution in [-0.2, 0) is 0 Å². The van der Waals surface area contributed by atoms with Crippen LogP contribution in [0.1, 0.15) is 5.56 Å². The van der Waals surface area contributed by atoms with E-state index in [4.69, 9.17) is 0 Å². The molecule has 0 fully saturated rings. The maximum Gasteiger partial charge on any atom is 0.0991 e. The lowest BCUT2D eigenvalue weighted by Crippen LogP contribution is -1.94. The number of hydrogen-bond donors (Lipinski definition) is 0. The molecule has 0 amide bonds. The van der Waals surface area contributed by atoms with Crippen LogP contribution in [0.3, 0.4) is 0 Å². The van der Waals surface area contributed by atoms with Crippen molar-refractivity contribution >= 4 is 43.6 Å². The number of rotatable bonds is 4. The standard InChI is InChI=1S/C43H27N3/c44-28-29-14-16-30(17-15-29)31-18-22-35(23-19-31)46-41-13-7-5-11-37(41)39-25-21-33(27-43(39)46)32-20-24-38-36-10-4-6-12-40(36)45(42(38)26-32)34-8-2-1-3-9-34/h1-27H. The zero-order valence-corrected chi connectivity index (χ0v) is 24.9. The largest absolute Gasteiger partial charge is 0.309 e. The number of hydrogen-bond acceptors (Lipinski definition) is 1. The molecule has 9 aromatic rings. The Morgan fingerprint density at radius 1 is 0.348 bits per heavy atom. The third-order valence-electron chi connectivity index (χ3n) is 9.17. The predicted octanol–water partition coefficient (Wildman–Crippen LogP) is 11.1. The molecule has 2 heterocycles. The molecule has 3 heteroatoms. The van der Waals surface area contributed by atoms with Crippen LogP contribution in [0, 0.1) is 11.3 Å². The molecule has 0 aliphatic carbocycles. The van der Waals surface area contributed by atoms with E-state index in [9.17, 15) is 5.26 Å². The minimum absolute atomic E-state index is 0.669. The Labute approximate surface area is 266 Å². The Morgan fingerprint density at radius 3 is 1.28 bits per heavy atom. The molecule has 2 aromatic heterocycles. The van der Waals surface area contributed by atoms with Crippen molar-refractivity contribution in [2.24, 2.45) is 0 Å². The number of nitrogens with zero attached hydrogens (tertiary/aromatic N) is 3. The van der Waals surface area contributed by atoms with E-state index < -0.39 is 0 Å². The highest BCUT2D eigenvalue weighted by Gasteiger charge is 2.16. The number of para-hydroxylation sites is 3. The van der Waals surface area contributed by atoms with Crippen molar-refractivity contribution in [3.63, 3.8) is 0 Å². The Hall–Kier alpha value is -6.37. The van der Waals surface area contributed by atoms with Gasteiger partial charge in [0.25, 0.3) is 0 Å². The van der Waals surface area contributed by atoms with E-state index >= 15 is 0 Å². The lowest BCUT2D eigenvalue weighted by molar-refractivity contribution is 1.18. The van der Waals surface area contributed by atoms with Gasteiger partial charge in [0.15, 0.2) is 0 Å². The minimum atomic E-state index is 0.669. The quantitative estimate of drug-likeness (QED) is 0.202. The highest BCUT2D eigenvalue weighted by molar-refractivity contribution is 6.12. The van der Waals surface area contributed by atoms with Gasteiger partial charge in [0, 0.05) is 32.9 Å². The van der Waals surface area contributed by atoms with Crippen molar-refractivity contribution in [2.45, 2.75) is 0 Å². The van der Waals surface area contributed by atoms with E-state index in [1.807, 2.05) is 24.3 Å². The molecular formula is C43H27N3. The van der Waals surface area contributed by atoms with Crippen LogP contribution in [0.15, 0.2) is 164 Å². The summed E-state index contributed by atoms with van der Waals surface area (Å²) in [5.41, 5.74) is 12.3. The summed E-state index contributed by atoms with van der Waals surface area (Å²) in [4.78, 5) is 0. The molecule has 9 rings (SSSR count). The average Bonchev–Trinajstić information content (AvgIpc) is 3.64. The van der Waals surface area contributed by atoms with Gasteiger partial charge in [-0.3, -0.25) is 0 Å². The smallest absolute Gasteiger partial charge is 0.0991 e. The van der Waals surface area contributed by atoms with Gasteiger partial charge < -0.3 is 9.13 Å². The summed E-state index contributed by atoms with van der Waals surface area (Å²) < 4.78 is 4.75. The third kappa shape index (κ3) is 4.05. The first-order chi connectivity index (χ1) is 22.8. The van der Waals surface area contributed by atoms with Gasteiger partial charge in [-0.15, -0.1) is 0 Å². The zero-order chi connectivity index (χ0) is 30.6. The van der Waals surface area contributed by atoms with Crippen LogP contribution in [-0.4, -0.2) is 9.13 Å². The van der Waals surface area contributed by atoms with Crippen LogP contribution < -0.4 is 0 Å². The highest BCUT2D eigenvalue weighted by atomic mass is 15.0. The average molecular weight is 586 g/mol. The monoisotopic (exact) mass is 585 g/mol. The van der Waals surface area contributed by atoms with Crippen molar-refractivity contribution in [1.82, 2.24) is 9.13 Å². The first kappa shape index (κ1) is 26.1. The van der Waals surface area contributed by atoms with Crippen LogP contribution in [0.25, 0.3) is 77.2 Å². The number of fused-ring (bicyclic) bond motifs is 6. The van der Waals surface area contributed by atoms with Gasteiger partial charge in [-0.2, -0.15) is 5.26 Å². The maximum atomic E-state index is 9.19. The summed E-state index contributed by atoms with van der Waals surface area (Å²) in [6.45, 7) is 0.